The van der Waals surface area contributed by atoms with Crippen molar-refractivity contribution in [2.45, 2.75) is 37.8 Å². The minimum Gasteiger partial charge on any atom is -0.353 e. The van der Waals surface area contributed by atoms with E-state index >= 15 is 0 Å². The molecule has 1 amide bonds. The topological polar surface area (TPSA) is 54.3 Å². The average molecular weight is 337 g/mol. The van der Waals surface area contributed by atoms with Gasteiger partial charge < -0.3 is 14.4 Å². The van der Waals surface area contributed by atoms with Crippen LogP contribution in [0, 0.1) is 5.92 Å². The lowest BCUT2D eigenvalue weighted by Crippen LogP contribution is -2.47. The zero-order valence-corrected chi connectivity index (χ0v) is 14.3. The van der Waals surface area contributed by atoms with Gasteiger partial charge in [0.05, 0.1) is 6.20 Å². The number of nitrogens with zero attached hydrogens (tertiary/aromatic N) is 5. The monoisotopic (exact) mass is 337 g/mol. The van der Waals surface area contributed by atoms with E-state index in [9.17, 15) is 4.79 Å². The number of fused-ring (bicyclic) bond motifs is 4. The molecular formula is C19H23N5O. The fourth-order valence-electron chi connectivity index (χ4n) is 4.37. The van der Waals surface area contributed by atoms with Gasteiger partial charge in [-0.3, -0.25) is 9.78 Å². The highest BCUT2D eigenvalue weighted by atomic mass is 16.2. The van der Waals surface area contributed by atoms with Gasteiger partial charge in [-0.25, -0.2) is 4.98 Å². The first-order chi connectivity index (χ1) is 12.3. The van der Waals surface area contributed by atoms with Crippen molar-refractivity contribution < 1.29 is 4.79 Å². The zero-order chi connectivity index (χ0) is 16.8. The third-order valence-corrected chi connectivity index (χ3v) is 5.79. The molecule has 6 heteroatoms. The lowest BCUT2D eigenvalue weighted by atomic mass is 9.94. The summed E-state index contributed by atoms with van der Waals surface area (Å²) in [5, 5.41) is 0. The second-order valence-electron chi connectivity index (χ2n) is 7.56. The summed E-state index contributed by atoms with van der Waals surface area (Å²) in [6.07, 6.45) is 12.0. The van der Waals surface area contributed by atoms with Crippen LogP contribution in [0.25, 0.3) is 0 Å². The summed E-state index contributed by atoms with van der Waals surface area (Å²) >= 11 is 0. The van der Waals surface area contributed by atoms with E-state index in [1.54, 1.807) is 12.4 Å². The van der Waals surface area contributed by atoms with Crippen LogP contribution in [0.15, 0.2) is 36.9 Å². The van der Waals surface area contributed by atoms with Gasteiger partial charge in [-0.2, -0.15) is 0 Å². The highest BCUT2D eigenvalue weighted by Gasteiger charge is 2.39. The summed E-state index contributed by atoms with van der Waals surface area (Å²) in [5.41, 5.74) is 0.862. The van der Waals surface area contributed by atoms with Crippen molar-refractivity contribution in [2.24, 2.45) is 5.92 Å². The van der Waals surface area contributed by atoms with Crippen LogP contribution in [0.1, 0.15) is 42.2 Å². The molecule has 6 nitrogen and oxygen atoms in total. The molecule has 130 valence electrons. The maximum absolute atomic E-state index is 13.3. The third kappa shape index (κ3) is 2.69. The molecular weight excluding hydrogens is 314 g/mol. The minimum atomic E-state index is 0.201. The molecule has 5 heterocycles. The van der Waals surface area contributed by atoms with E-state index in [1.165, 1.54) is 19.3 Å². The van der Waals surface area contributed by atoms with Crippen molar-refractivity contribution in [3.63, 3.8) is 0 Å². The Morgan fingerprint density at radius 3 is 2.72 bits per heavy atom. The maximum Gasteiger partial charge on any atom is 0.270 e. The highest BCUT2D eigenvalue weighted by Crippen LogP contribution is 2.37. The van der Waals surface area contributed by atoms with Gasteiger partial charge in [-0.05, 0) is 43.7 Å². The Kier molecular flexibility index (Phi) is 3.50. The van der Waals surface area contributed by atoms with E-state index < -0.39 is 0 Å². The maximum atomic E-state index is 13.3. The minimum absolute atomic E-state index is 0.201. The Hall–Kier alpha value is -2.37. The van der Waals surface area contributed by atoms with Crippen LogP contribution in [0.3, 0.4) is 0 Å². The predicted octanol–water partition coefficient (Wildman–Crippen LogP) is 2.35. The second-order valence-corrected chi connectivity index (χ2v) is 7.56. The molecule has 2 aromatic rings. The van der Waals surface area contributed by atoms with Crippen LogP contribution in [-0.2, 0) is 0 Å². The van der Waals surface area contributed by atoms with E-state index in [0.717, 1.165) is 37.6 Å². The number of carbonyl (C=O) groups excluding carboxylic acids is 1. The van der Waals surface area contributed by atoms with Crippen LogP contribution in [0.2, 0.25) is 0 Å². The number of piperidine rings is 1. The van der Waals surface area contributed by atoms with Crippen LogP contribution in [0.4, 0.5) is 5.82 Å². The lowest BCUT2D eigenvalue weighted by Gasteiger charge is -2.36. The van der Waals surface area contributed by atoms with Gasteiger partial charge in [0.25, 0.3) is 5.91 Å². The Morgan fingerprint density at radius 1 is 1.04 bits per heavy atom. The van der Waals surface area contributed by atoms with Gasteiger partial charge in [0.2, 0.25) is 0 Å². The fourth-order valence-corrected chi connectivity index (χ4v) is 4.37. The molecule has 2 bridgehead atoms. The number of amides is 1. The third-order valence-electron chi connectivity index (χ3n) is 5.79. The molecule has 0 aromatic carbocycles. The van der Waals surface area contributed by atoms with Crippen molar-refractivity contribution in [3.05, 3.63) is 42.6 Å². The molecule has 0 N–H and O–H groups in total. The molecule has 3 saturated heterocycles. The second kappa shape index (κ2) is 5.86. The number of carbonyl (C=O) groups is 1. The molecule has 2 aromatic heterocycles. The SMILES string of the molecule is O=C(c1cccn1C1CC1)N1C[C@H]2CC[C@@H]1CN(c1cnccn1)C2. The molecule has 1 aliphatic carbocycles. The summed E-state index contributed by atoms with van der Waals surface area (Å²) < 4.78 is 2.18. The molecule has 0 radical (unpaired) electrons. The van der Waals surface area contributed by atoms with E-state index in [-0.39, 0.29) is 11.9 Å². The standard InChI is InChI=1S/C19H23N5O/c25-19(17-2-1-9-23(17)15-5-6-15)24-12-14-3-4-16(24)13-22(11-14)18-10-20-7-8-21-18/h1-2,7-10,14-16H,3-6,11-13H2/t14-,16+/m0/s1. The van der Waals surface area contributed by atoms with E-state index in [0.29, 0.717) is 12.0 Å². The van der Waals surface area contributed by atoms with Gasteiger partial charge in [0.15, 0.2) is 0 Å². The molecule has 6 rings (SSSR count). The van der Waals surface area contributed by atoms with Crippen LogP contribution in [0.5, 0.6) is 0 Å². The summed E-state index contributed by atoms with van der Waals surface area (Å²) in [7, 11) is 0. The van der Waals surface area contributed by atoms with E-state index in [2.05, 4.69) is 30.5 Å². The highest BCUT2D eigenvalue weighted by molar-refractivity contribution is 5.93. The van der Waals surface area contributed by atoms with Crippen molar-refractivity contribution in [3.8, 4) is 0 Å². The van der Waals surface area contributed by atoms with Crippen LogP contribution >= 0.6 is 0 Å². The van der Waals surface area contributed by atoms with Crippen molar-refractivity contribution in [1.82, 2.24) is 19.4 Å². The van der Waals surface area contributed by atoms with E-state index in [1.807, 2.05) is 18.3 Å². The average Bonchev–Trinajstić information content (AvgIpc) is 3.45. The molecule has 1 saturated carbocycles. The predicted molar refractivity (Wildman–Crippen MR) is 94.5 cm³/mol. The van der Waals surface area contributed by atoms with E-state index in [4.69, 9.17) is 0 Å². The molecule has 25 heavy (non-hydrogen) atoms. The smallest absolute Gasteiger partial charge is 0.270 e. The van der Waals surface area contributed by atoms with Crippen molar-refractivity contribution >= 4 is 11.7 Å². The lowest BCUT2D eigenvalue weighted by molar-refractivity contribution is 0.0580. The number of aromatic nitrogens is 3. The summed E-state index contributed by atoms with van der Waals surface area (Å²) in [6.45, 7) is 2.67. The van der Waals surface area contributed by atoms with Crippen LogP contribution < -0.4 is 4.90 Å². The molecule has 0 unspecified atom stereocenters. The Labute approximate surface area is 147 Å². The van der Waals surface area contributed by atoms with Gasteiger partial charge in [0.1, 0.15) is 11.5 Å². The largest absolute Gasteiger partial charge is 0.353 e. The normalized spacial score (nSPS) is 25.9. The summed E-state index contributed by atoms with van der Waals surface area (Å²) in [6, 6.07) is 4.79. The van der Waals surface area contributed by atoms with Crippen molar-refractivity contribution in [2.75, 3.05) is 24.5 Å². The number of hydrogen-bond donors (Lipinski definition) is 0. The molecule has 4 aliphatic rings. The molecule has 3 aliphatic heterocycles. The van der Waals surface area contributed by atoms with Gasteiger partial charge in [-0.15, -0.1) is 0 Å². The quantitative estimate of drug-likeness (QED) is 0.863. The first-order valence-corrected chi connectivity index (χ1v) is 9.28. The summed E-state index contributed by atoms with van der Waals surface area (Å²) in [4.78, 5) is 26.4. The molecule has 0 spiro atoms. The Bertz CT molecular complexity index is 769. The summed E-state index contributed by atoms with van der Waals surface area (Å²) in [5.74, 6) is 1.64. The number of anilines is 1. The van der Waals surface area contributed by atoms with Gasteiger partial charge in [0, 0.05) is 50.3 Å². The first kappa shape index (κ1) is 14.9. The van der Waals surface area contributed by atoms with Crippen LogP contribution in [-0.4, -0.2) is 51.0 Å². The fraction of sp³-hybridized carbons (Fsp3) is 0.526. The zero-order valence-electron chi connectivity index (χ0n) is 14.3. The first-order valence-electron chi connectivity index (χ1n) is 9.28. The van der Waals surface area contributed by atoms with Gasteiger partial charge in [-0.1, -0.05) is 0 Å². The van der Waals surface area contributed by atoms with Gasteiger partial charge >= 0.3 is 0 Å². The van der Waals surface area contributed by atoms with Crippen molar-refractivity contribution in [1.29, 1.82) is 0 Å². The number of rotatable bonds is 3. The Balaban J connectivity index is 1.40. The molecule has 4 fully saturated rings. The Morgan fingerprint density at radius 2 is 1.92 bits per heavy atom. The molecule has 2 atom stereocenters. The number of hydrogen-bond acceptors (Lipinski definition) is 4.